The molecular weight excluding hydrogens is 362 g/mol. The van der Waals surface area contributed by atoms with Crippen LogP contribution >= 0.6 is 11.6 Å². The maximum Gasteiger partial charge on any atom is 0.189 e. The summed E-state index contributed by atoms with van der Waals surface area (Å²) in [5.74, 6) is 0.936. The molecule has 0 radical (unpaired) electrons. The molecule has 2 aromatic carbocycles. The van der Waals surface area contributed by atoms with E-state index in [1.54, 1.807) is 0 Å². The number of ether oxygens (including phenoxy) is 2. The first kappa shape index (κ1) is 18.3. The Labute approximate surface area is 164 Å². The van der Waals surface area contributed by atoms with E-state index in [9.17, 15) is 0 Å². The zero-order valence-electron chi connectivity index (χ0n) is 15.2. The Morgan fingerprint density at radius 3 is 2.41 bits per heavy atom. The van der Waals surface area contributed by atoms with Crippen molar-refractivity contribution in [1.82, 2.24) is 9.80 Å². The Morgan fingerprint density at radius 1 is 1.00 bits per heavy atom. The van der Waals surface area contributed by atoms with Crippen molar-refractivity contribution < 1.29 is 9.47 Å². The van der Waals surface area contributed by atoms with Gasteiger partial charge in [0.05, 0.1) is 18.2 Å². The van der Waals surface area contributed by atoms with Crippen molar-refractivity contribution >= 4 is 11.6 Å². The molecule has 0 bridgehead atoms. The molecule has 0 aromatic heterocycles. The van der Waals surface area contributed by atoms with E-state index in [0.29, 0.717) is 19.0 Å². The second kappa shape index (κ2) is 8.28. The van der Waals surface area contributed by atoms with Crippen LogP contribution in [0.3, 0.4) is 0 Å². The van der Waals surface area contributed by atoms with Gasteiger partial charge in [-0.3, -0.25) is 9.80 Å². The Kier molecular flexibility index (Phi) is 5.61. The van der Waals surface area contributed by atoms with Gasteiger partial charge in [0.25, 0.3) is 0 Å². The van der Waals surface area contributed by atoms with Gasteiger partial charge in [-0.2, -0.15) is 5.26 Å². The average molecular weight is 384 g/mol. The van der Waals surface area contributed by atoms with Crippen LogP contribution in [0.25, 0.3) is 0 Å². The van der Waals surface area contributed by atoms with E-state index in [1.165, 1.54) is 5.56 Å². The highest BCUT2D eigenvalue weighted by atomic mass is 35.5. The number of hydrogen-bond acceptors (Lipinski definition) is 5. The van der Waals surface area contributed by atoms with E-state index in [4.69, 9.17) is 26.3 Å². The summed E-state index contributed by atoms with van der Waals surface area (Å²) in [5.41, 5.74) is 4.13. The molecule has 4 rings (SSSR count). The van der Waals surface area contributed by atoms with E-state index in [1.807, 2.05) is 36.4 Å². The molecule has 27 heavy (non-hydrogen) atoms. The summed E-state index contributed by atoms with van der Waals surface area (Å²) in [6.45, 7) is 6.68. The SMILES string of the molecule is N#Cc1ccc(CN2CCN(Cc3cc(Cl)cc4c3OCOC4)CC2)cc1. The van der Waals surface area contributed by atoms with Crippen LogP contribution < -0.4 is 4.74 Å². The van der Waals surface area contributed by atoms with Crippen molar-refractivity contribution in [1.29, 1.82) is 5.26 Å². The van der Waals surface area contributed by atoms with Crippen LogP contribution in [0.1, 0.15) is 22.3 Å². The minimum absolute atomic E-state index is 0.306. The molecule has 1 saturated heterocycles. The summed E-state index contributed by atoms with van der Waals surface area (Å²) in [6.07, 6.45) is 0. The van der Waals surface area contributed by atoms with Crippen molar-refractivity contribution in [3.63, 3.8) is 0 Å². The van der Waals surface area contributed by atoms with Crippen molar-refractivity contribution in [3.8, 4) is 11.8 Å². The molecule has 0 saturated carbocycles. The standard InChI is InChI=1S/C21H22ClN3O2/c22-20-9-18(21-19(10-20)14-26-15-27-21)13-25-7-5-24(6-8-25)12-17-3-1-16(11-23)2-4-17/h1-4,9-10H,5-8,12-15H2. The largest absolute Gasteiger partial charge is 0.467 e. The van der Waals surface area contributed by atoms with Gasteiger partial charge >= 0.3 is 0 Å². The van der Waals surface area contributed by atoms with Crippen LogP contribution in [-0.4, -0.2) is 42.8 Å². The van der Waals surface area contributed by atoms with Crippen LogP contribution in [0.15, 0.2) is 36.4 Å². The highest BCUT2D eigenvalue weighted by Gasteiger charge is 2.21. The smallest absolute Gasteiger partial charge is 0.189 e. The lowest BCUT2D eigenvalue weighted by Crippen LogP contribution is -2.45. The molecule has 0 N–H and O–H groups in total. The molecule has 2 aliphatic rings. The van der Waals surface area contributed by atoms with Gasteiger partial charge in [-0.05, 0) is 29.8 Å². The van der Waals surface area contributed by atoms with Crippen molar-refractivity contribution in [2.24, 2.45) is 0 Å². The summed E-state index contributed by atoms with van der Waals surface area (Å²) < 4.78 is 11.1. The first-order chi connectivity index (χ1) is 13.2. The fourth-order valence-corrected chi connectivity index (χ4v) is 3.93. The summed E-state index contributed by atoms with van der Waals surface area (Å²) in [6, 6.07) is 14.0. The van der Waals surface area contributed by atoms with E-state index < -0.39 is 0 Å². The number of nitriles is 1. The topological polar surface area (TPSA) is 48.7 Å². The minimum Gasteiger partial charge on any atom is -0.467 e. The fourth-order valence-electron chi connectivity index (χ4n) is 3.66. The van der Waals surface area contributed by atoms with Crippen molar-refractivity contribution in [2.75, 3.05) is 33.0 Å². The number of halogens is 1. The molecule has 0 spiro atoms. The average Bonchev–Trinajstić information content (AvgIpc) is 2.70. The first-order valence-electron chi connectivity index (χ1n) is 9.17. The summed E-state index contributed by atoms with van der Waals surface area (Å²) >= 11 is 6.28. The van der Waals surface area contributed by atoms with Gasteiger partial charge < -0.3 is 9.47 Å². The second-order valence-corrected chi connectivity index (χ2v) is 7.46. The predicted octanol–water partition coefficient (Wildman–Crippen LogP) is 3.40. The Hall–Kier alpha value is -2.10. The zero-order chi connectivity index (χ0) is 18.6. The van der Waals surface area contributed by atoms with Gasteiger partial charge in [0.1, 0.15) is 5.75 Å². The van der Waals surface area contributed by atoms with Crippen LogP contribution in [-0.2, 0) is 24.4 Å². The zero-order valence-corrected chi connectivity index (χ0v) is 15.9. The highest BCUT2D eigenvalue weighted by Crippen LogP contribution is 2.32. The van der Waals surface area contributed by atoms with Gasteiger partial charge in [0.2, 0.25) is 0 Å². The van der Waals surface area contributed by atoms with Gasteiger partial charge in [-0.1, -0.05) is 23.7 Å². The quantitative estimate of drug-likeness (QED) is 0.809. The lowest BCUT2D eigenvalue weighted by molar-refractivity contribution is -0.0176. The van der Waals surface area contributed by atoms with E-state index in [-0.39, 0.29) is 0 Å². The van der Waals surface area contributed by atoms with Gasteiger partial charge in [-0.15, -0.1) is 0 Å². The Morgan fingerprint density at radius 2 is 1.70 bits per heavy atom. The molecule has 5 nitrogen and oxygen atoms in total. The molecule has 140 valence electrons. The Bertz CT molecular complexity index is 840. The third-order valence-electron chi connectivity index (χ3n) is 5.10. The lowest BCUT2D eigenvalue weighted by atomic mass is 10.1. The summed E-state index contributed by atoms with van der Waals surface area (Å²) in [4.78, 5) is 4.90. The van der Waals surface area contributed by atoms with Crippen molar-refractivity contribution in [2.45, 2.75) is 19.7 Å². The van der Waals surface area contributed by atoms with Crippen LogP contribution in [0, 0.1) is 11.3 Å². The molecule has 0 unspecified atom stereocenters. The van der Waals surface area contributed by atoms with Crippen LogP contribution in [0.2, 0.25) is 5.02 Å². The molecule has 2 aliphatic heterocycles. The maximum atomic E-state index is 8.90. The van der Waals surface area contributed by atoms with Crippen LogP contribution in [0.5, 0.6) is 5.75 Å². The number of piperazine rings is 1. The monoisotopic (exact) mass is 383 g/mol. The van der Waals surface area contributed by atoms with Crippen molar-refractivity contribution in [3.05, 3.63) is 63.7 Å². The molecule has 0 aliphatic carbocycles. The minimum atomic E-state index is 0.306. The fraction of sp³-hybridized carbons (Fsp3) is 0.381. The second-order valence-electron chi connectivity index (χ2n) is 7.02. The van der Waals surface area contributed by atoms with E-state index in [2.05, 4.69) is 15.9 Å². The molecular formula is C21H22ClN3O2. The van der Waals surface area contributed by atoms with E-state index >= 15 is 0 Å². The predicted molar refractivity (Wildman–Crippen MR) is 103 cm³/mol. The number of fused-ring (bicyclic) bond motifs is 1. The first-order valence-corrected chi connectivity index (χ1v) is 9.54. The van der Waals surface area contributed by atoms with Gasteiger partial charge in [0, 0.05) is 55.4 Å². The molecule has 1 fully saturated rings. The molecule has 2 aromatic rings. The number of nitrogens with zero attached hydrogens (tertiary/aromatic N) is 3. The maximum absolute atomic E-state index is 8.90. The molecule has 0 amide bonds. The van der Waals surface area contributed by atoms with Crippen LogP contribution in [0.4, 0.5) is 0 Å². The summed E-state index contributed by atoms with van der Waals surface area (Å²) in [5, 5.41) is 9.63. The summed E-state index contributed by atoms with van der Waals surface area (Å²) in [7, 11) is 0. The normalized spacial score (nSPS) is 17.8. The third-order valence-corrected chi connectivity index (χ3v) is 5.32. The van der Waals surface area contributed by atoms with Gasteiger partial charge in [0.15, 0.2) is 6.79 Å². The highest BCUT2D eigenvalue weighted by molar-refractivity contribution is 6.30. The number of hydrogen-bond donors (Lipinski definition) is 0. The lowest BCUT2D eigenvalue weighted by Gasteiger charge is -2.35. The number of benzene rings is 2. The molecule has 0 atom stereocenters. The molecule has 6 heteroatoms. The molecule has 2 heterocycles. The number of rotatable bonds is 4. The Balaban J connectivity index is 1.34. The van der Waals surface area contributed by atoms with Gasteiger partial charge in [-0.25, -0.2) is 0 Å². The van der Waals surface area contributed by atoms with E-state index in [0.717, 1.165) is 61.2 Å². The third kappa shape index (κ3) is 4.42.